The Kier molecular flexibility index (Phi) is 3.99. The molecule has 0 amide bonds. The lowest BCUT2D eigenvalue weighted by molar-refractivity contribution is 0.628. The van der Waals surface area contributed by atoms with Crippen LogP contribution < -0.4 is 11.1 Å². The van der Waals surface area contributed by atoms with Crippen LogP contribution in [-0.2, 0) is 6.42 Å². The number of rotatable bonds is 3. The summed E-state index contributed by atoms with van der Waals surface area (Å²) in [6.07, 6.45) is 0.684. The van der Waals surface area contributed by atoms with Crippen molar-refractivity contribution in [3.05, 3.63) is 39.9 Å². The monoisotopic (exact) mass is 324 g/mol. The van der Waals surface area contributed by atoms with Gasteiger partial charge in [-0.05, 0) is 41.1 Å². The SMILES string of the molecule is CCc1nc(N)c(C)c(Nc2cc(F)ccc2Br)n1. The van der Waals surface area contributed by atoms with E-state index in [0.29, 0.717) is 29.6 Å². The van der Waals surface area contributed by atoms with Crippen molar-refractivity contribution in [1.29, 1.82) is 0 Å². The van der Waals surface area contributed by atoms with Crippen LogP contribution in [0.5, 0.6) is 0 Å². The predicted octanol–water partition coefficient (Wildman–Crippen LogP) is 3.57. The summed E-state index contributed by atoms with van der Waals surface area (Å²) >= 11 is 3.36. The van der Waals surface area contributed by atoms with Crippen LogP contribution >= 0.6 is 15.9 Å². The summed E-state index contributed by atoms with van der Waals surface area (Å²) in [7, 11) is 0. The molecule has 0 aliphatic carbocycles. The average molecular weight is 325 g/mol. The van der Waals surface area contributed by atoms with Crippen LogP contribution in [0.25, 0.3) is 0 Å². The van der Waals surface area contributed by atoms with Crippen LogP contribution in [0.4, 0.5) is 21.7 Å². The minimum absolute atomic E-state index is 0.318. The summed E-state index contributed by atoms with van der Waals surface area (Å²) in [6.45, 7) is 3.77. The van der Waals surface area contributed by atoms with E-state index in [1.54, 1.807) is 6.07 Å². The van der Waals surface area contributed by atoms with E-state index in [-0.39, 0.29) is 5.82 Å². The maximum absolute atomic E-state index is 13.3. The number of aromatic nitrogens is 2. The molecule has 1 heterocycles. The van der Waals surface area contributed by atoms with Crippen molar-refractivity contribution < 1.29 is 4.39 Å². The zero-order valence-corrected chi connectivity index (χ0v) is 12.3. The molecule has 0 spiro atoms. The van der Waals surface area contributed by atoms with Crippen LogP contribution in [0, 0.1) is 12.7 Å². The van der Waals surface area contributed by atoms with E-state index in [1.807, 2.05) is 13.8 Å². The molecule has 0 aliphatic rings. The third-order valence-electron chi connectivity index (χ3n) is 2.73. The second-order valence-electron chi connectivity index (χ2n) is 4.10. The van der Waals surface area contributed by atoms with Gasteiger partial charge in [0.25, 0.3) is 0 Å². The molecule has 2 aromatic rings. The summed E-state index contributed by atoms with van der Waals surface area (Å²) in [5.41, 5.74) is 7.19. The summed E-state index contributed by atoms with van der Waals surface area (Å²) in [5, 5.41) is 3.08. The van der Waals surface area contributed by atoms with E-state index in [4.69, 9.17) is 5.73 Å². The molecular weight excluding hydrogens is 311 g/mol. The molecule has 0 saturated heterocycles. The highest BCUT2D eigenvalue weighted by Crippen LogP contribution is 2.28. The van der Waals surface area contributed by atoms with Gasteiger partial charge in [-0.2, -0.15) is 0 Å². The van der Waals surface area contributed by atoms with Crippen LogP contribution in [0.2, 0.25) is 0 Å². The molecule has 6 heteroatoms. The number of benzene rings is 1. The number of nitrogens with zero attached hydrogens (tertiary/aromatic N) is 2. The molecule has 0 fully saturated rings. The average Bonchev–Trinajstić information content (AvgIpc) is 2.38. The molecule has 3 N–H and O–H groups in total. The van der Waals surface area contributed by atoms with E-state index in [1.165, 1.54) is 12.1 Å². The molecule has 0 aliphatic heterocycles. The van der Waals surface area contributed by atoms with Gasteiger partial charge in [0, 0.05) is 16.5 Å². The summed E-state index contributed by atoms with van der Waals surface area (Å²) in [6, 6.07) is 4.42. The molecule has 19 heavy (non-hydrogen) atoms. The lowest BCUT2D eigenvalue weighted by atomic mass is 10.2. The fraction of sp³-hybridized carbons (Fsp3) is 0.231. The summed E-state index contributed by atoms with van der Waals surface area (Å²) in [4.78, 5) is 8.55. The number of nitrogens with one attached hydrogen (secondary N) is 1. The fourth-order valence-corrected chi connectivity index (χ4v) is 1.93. The fourth-order valence-electron chi connectivity index (χ4n) is 1.58. The number of hydrogen-bond acceptors (Lipinski definition) is 4. The van der Waals surface area contributed by atoms with Gasteiger partial charge >= 0.3 is 0 Å². The van der Waals surface area contributed by atoms with E-state index in [2.05, 4.69) is 31.2 Å². The second-order valence-corrected chi connectivity index (χ2v) is 4.96. The van der Waals surface area contributed by atoms with Crippen LogP contribution in [-0.4, -0.2) is 9.97 Å². The number of nitrogens with two attached hydrogens (primary N) is 1. The summed E-state index contributed by atoms with van der Waals surface area (Å²) in [5.74, 6) is 1.36. The van der Waals surface area contributed by atoms with Crippen molar-refractivity contribution in [2.24, 2.45) is 0 Å². The maximum atomic E-state index is 13.3. The molecule has 0 radical (unpaired) electrons. The first kappa shape index (κ1) is 13.7. The van der Waals surface area contributed by atoms with Gasteiger partial charge in [0.05, 0.1) is 5.69 Å². The zero-order chi connectivity index (χ0) is 14.0. The minimum atomic E-state index is -0.318. The molecule has 1 aromatic heterocycles. The van der Waals surface area contributed by atoms with Crippen LogP contribution in [0.1, 0.15) is 18.3 Å². The van der Waals surface area contributed by atoms with Crippen molar-refractivity contribution in [3.8, 4) is 0 Å². The van der Waals surface area contributed by atoms with Gasteiger partial charge in [-0.15, -0.1) is 0 Å². The maximum Gasteiger partial charge on any atom is 0.139 e. The van der Waals surface area contributed by atoms with E-state index in [9.17, 15) is 4.39 Å². The van der Waals surface area contributed by atoms with E-state index >= 15 is 0 Å². The standard InChI is InChI=1S/C13H14BrFN4/c1-3-11-18-12(16)7(2)13(19-11)17-10-6-8(15)4-5-9(10)14/h4-6H,3H2,1-2H3,(H3,16,17,18,19). The smallest absolute Gasteiger partial charge is 0.139 e. The number of aryl methyl sites for hydroxylation is 1. The Morgan fingerprint density at radius 1 is 1.37 bits per heavy atom. The molecule has 2 rings (SSSR count). The lowest BCUT2D eigenvalue weighted by Crippen LogP contribution is -2.06. The quantitative estimate of drug-likeness (QED) is 0.905. The van der Waals surface area contributed by atoms with Gasteiger partial charge in [0.15, 0.2) is 0 Å². The van der Waals surface area contributed by atoms with Gasteiger partial charge < -0.3 is 11.1 Å². The molecule has 0 unspecified atom stereocenters. The Morgan fingerprint density at radius 2 is 2.11 bits per heavy atom. The number of nitrogen functional groups attached to an aromatic ring is 1. The third kappa shape index (κ3) is 3.01. The normalized spacial score (nSPS) is 10.5. The minimum Gasteiger partial charge on any atom is -0.383 e. The van der Waals surface area contributed by atoms with Crippen molar-refractivity contribution >= 4 is 33.3 Å². The lowest BCUT2D eigenvalue weighted by Gasteiger charge is -2.12. The van der Waals surface area contributed by atoms with Gasteiger partial charge in [0.1, 0.15) is 23.3 Å². The molecule has 1 aromatic carbocycles. The third-order valence-corrected chi connectivity index (χ3v) is 3.42. The molecule has 4 nitrogen and oxygen atoms in total. The van der Waals surface area contributed by atoms with Crippen molar-refractivity contribution in [2.75, 3.05) is 11.1 Å². The highest BCUT2D eigenvalue weighted by Gasteiger charge is 2.10. The number of anilines is 3. The number of halogens is 2. The Bertz CT molecular complexity index is 616. The van der Waals surface area contributed by atoms with Gasteiger partial charge in [0.2, 0.25) is 0 Å². The van der Waals surface area contributed by atoms with E-state index in [0.717, 1.165) is 10.0 Å². The predicted molar refractivity (Wildman–Crippen MR) is 77.9 cm³/mol. The first-order valence-electron chi connectivity index (χ1n) is 5.86. The first-order valence-corrected chi connectivity index (χ1v) is 6.65. The van der Waals surface area contributed by atoms with E-state index < -0.39 is 0 Å². The van der Waals surface area contributed by atoms with Crippen molar-refractivity contribution in [2.45, 2.75) is 20.3 Å². The molecule has 0 atom stereocenters. The molecule has 0 bridgehead atoms. The summed E-state index contributed by atoms with van der Waals surface area (Å²) < 4.78 is 14.0. The zero-order valence-electron chi connectivity index (χ0n) is 10.7. The van der Waals surface area contributed by atoms with Crippen molar-refractivity contribution in [3.63, 3.8) is 0 Å². The Hall–Kier alpha value is -1.69. The van der Waals surface area contributed by atoms with Gasteiger partial charge in [-0.1, -0.05) is 6.92 Å². The first-order chi connectivity index (χ1) is 9.01. The van der Waals surface area contributed by atoms with Gasteiger partial charge in [-0.25, -0.2) is 14.4 Å². The van der Waals surface area contributed by atoms with Crippen molar-refractivity contribution in [1.82, 2.24) is 9.97 Å². The Morgan fingerprint density at radius 3 is 2.79 bits per heavy atom. The van der Waals surface area contributed by atoms with Crippen LogP contribution in [0.15, 0.2) is 22.7 Å². The molecular formula is C13H14BrFN4. The molecule has 100 valence electrons. The number of hydrogen-bond donors (Lipinski definition) is 2. The van der Waals surface area contributed by atoms with Crippen LogP contribution in [0.3, 0.4) is 0 Å². The second kappa shape index (κ2) is 5.52. The Balaban J connectivity index is 2.42. The Labute approximate surface area is 119 Å². The molecule has 0 saturated carbocycles. The topological polar surface area (TPSA) is 63.8 Å². The highest BCUT2D eigenvalue weighted by molar-refractivity contribution is 9.10. The largest absolute Gasteiger partial charge is 0.383 e. The van der Waals surface area contributed by atoms with Gasteiger partial charge in [-0.3, -0.25) is 0 Å². The highest BCUT2D eigenvalue weighted by atomic mass is 79.9.